The Morgan fingerprint density at radius 1 is 1.43 bits per heavy atom. The number of carboxylic acid groups (broad SMARTS) is 1. The first-order valence-electron chi connectivity index (χ1n) is 5.99. The quantitative estimate of drug-likeness (QED) is 0.870. The van der Waals surface area contributed by atoms with E-state index < -0.39 is 30.0 Å². The normalized spacial score (nSPS) is 21.9. The average molecular weight is 310 g/mol. The molecule has 7 nitrogen and oxygen atoms in total. The summed E-state index contributed by atoms with van der Waals surface area (Å²) in [4.78, 5) is 39.2. The van der Waals surface area contributed by atoms with Gasteiger partial charge in [-0.2, -0.15) is 0 Å². The van der Waals surface area contributed by atoms with Crippen LogP contribution in [0.2, 0.25) is 5.02 Å². The maximum absolute atomic E-state index is 11.9. The Morgan fingerprint density at radius 3 is 2.62 bits per heavy atom. The van der Waals surface area contributed by atoms with Crippen LogP contribution in [0.15, 0.2) is 29.3 Å². The number of amides is 4. The molecule has 1 aromatic carbocycles. The fraction of sp³-hybridized carbons (Fsp3) is 0.231. The van der Waals surface area contributed by atoms with Gasteiger partial charge in [0.25, 0.3) is 0 Å². The van der Waals surface area contributed by atoms with E-state index >= 15 is 0 Å². The number of carbonyl (C=O) groups excluding carboxylic acids is 2. The smallest absolute Gasteiger partial charge is 0.352 e. The summed E-state index contributed by atoms with van der Waals surface area (Å²) in [5, 5.41) is 9.75. The summed E-state index contributed by atoms with van der Waals surface area (Å²) in [6, 6.07) is 3.24. The van der Waals surface area contributed by atoms with Crippen LogP contribution in [0.5, 0.6) is 0 Å². The minimum absolute atomic E-state index is 0.106. The Labute approximate surface area is 125 Å². The minimum atomic E-state index is -1.21. The van der Waals surface area contributed by atoms with Gasteiger partial charge in [-0.25, -0.2) is 19.5 Å². The summed E-state index contributed by atoms with van der Waals surface area (Å²) in [5.41, 5.74) is 5.71. The third-order valence-corrected chi connectivity index (χ3v) is 3.45. The number of hydrogen-bond donors (Lipinski definition) is 2. The van der Waals surface area contributed by atoms with Crippen molar-refractivity contribution in [3.8, 4) is 0 Å². The number of halogens is 1. The van der Waals surface area contributed by atoms with Crippen molar-refractivity contribution < 1.29 is 19.5 Å². The number of carbonyl (C=O) groups is 3. The van der Waals surface area contributed by atoms with Gasteiger partial charge in [-0.3, -0.25) is 4.79 Å². The molecule has 0 radical (unpaired) electrons. The van der Waals surface area contributed by atoms with Crippen LogP contribution in [-0.4, -0.2) is 33.7 Å². The Bertz CT molecular complexity index is 659. The predicted octanol–water partition coefficient (Wildman–Crippen LogP) is 2.06. The Balaban J connectivity index is 2.63. The van der Waals surface area contributed by atoms with Gasteiger partial charge in [0, 0.05) is 10.7 Å². The Kier molecular flexibility index (Phi) is 3.95. The first-order chi connectivity index (χ1) is 9.82. The van der Waals surface area contributed by atoms with E-state index in [1.807, 2.05) is 0 Å². The van der Waals surface area contributed by atoms with Crippen molar-refractivity contribution in [3.63, 3.8) is 0 Å². The number of nitrogens with zero attached hydrogens (tertiary/aromatic N) is 2. The monoisotopic (exact) mass is 309 g/mol. The van der Waals surface area contributed by atoms with Gasteiger partial charge in [-0.1, -0.05) is 23.7 Å². The molecule has 2 atom stereocenters. The molecule has 0 bridgehead atoms. The van der Waals surface area contributed by atoms with Gasteiger partial charge in [-0.15, -0.1) is 0 Å². The van der Waals surface area contributed by atoms with Gasteiger partial charge < -0.3 is 10.8 Å². The van der Waals surface area contributed by atoms with Crippen molar-refractivity contribution in [3.05, 3.63) is 34.9 Å². The zero-order valence-corrected chi connectivity index (χ0v) is 11.7. The second-order valence-electron chi connectivity index (χ2n) is 4.56. The topological polar surface area (TPSA) is 113 Å². The summed E-state index contributed by atoms with van der Waals surface area (Å²) in [5.74, 6) is -2.38. The third kappa shape index (κ3) is 2.73. The fourth-order valence-corrected chi connectivity index (χ4v) is 2.55. The highest BCUT2D eigenvalue weighted by Crippen LogP contribution is 2.35. The number of primary amides is 1. The van der Waals surface area contributed by atoms with Crippen LogP contribution in [0.1, 0.15) is 18.5 Å². The fourth-order valence-electron chi connectivity index (χ4n) is 2.35. The Hall–Kier alpha value is -2.41. The standard InChI is InChI=1S/C13H12ClN3O4/c1-6-9(11(18)19)10(7-3-2-4-8(14)5-7)17(12(15)20)13(21)16-6/h2-5,9-10H,1H3,(H2,15,20)(H,18,19). The van der Waals surface area contributed by atoms with Crippen molar-refractivity contribution >= 4 is 35.3 Å². The molecule has 8 heteroatoms. The number of urea groups is 2. The SMILES string of the molecule is CC1=NC(=O)N(C(N)=O)C(c2cccc(Cl)c2)C1C(=O)O. The molecule has 0 saturated carbocycles. The van der Waals surface area contributed by atoms with Crippen LogP contribution in [0.4, 0.5) is 9.59 Å². The van der Waals surface area contributed by atoms with Gasteiger partial charge >= 0.3 is 18.0 Å². The zero-order valence-electron chi connectivity index (χ0n) is 11.0. The lowest BCUT2D eigenvalue weighted by Gasteiger charge is -2.35. The van der Waals surface area contributed by atoms with Crippen LogP contribution in [0, 0.1) is 5.92 Å². The number of imide groups is 1. The molecular formula is C13H12ClN3O4. The molecule has 1 heterocycles. The molecule has 0 aliphatic carbocycles. The zero-order chi connectivity index (χ0) is 15.7. The number of aliphatic carboxylic acids is 1. The van der Waals surface area contributed by atoms with Crippen molar-refractivity contribution in [1.29, 1.82) is 0 Å². The molecule has 0 saturated heterocycles. The summed E-state index contributed by atoms with van der Waals surface area (Å²) >= 11 is 5.89. The van der Waals surface area contributed by atoms with E-state index in [1.54, 1.807) is 18.2 Å². The third-order valence-electron chi connectivity index (χ3n) is 3.22. The minimum Gasteiger partial charge on any atom is -0.481 e. The van der Waals surface area contributed by atoms with Gasteiger partial charge in [0.2, 0.25) is 0 Å². The molecule has 4 amide bonds. The molecule has 0 aromatic heterocycles. The van der Waals surface area contributed by atoms with Crippen LogP contribution >= 0.6 is 11.6 Å². The van der Waals surface area contributed by atoms with Crippen molar-refractivity contribution in [2.45, 2.75) is 13.0 Å². The highest BCUT2D eigenvalue weighted by atomic mass is 35.5. The van der Waals surface area contributed by atoms with Crippen LogP contribution in [-0.2, 0) is 4.79 Å². The molecule has 2 rings (SSSR count). The molecule has 0 fully saturated rings. The van der Waals surface area contributed by atoms with Gasteiger partial charge in [-0.05, 0) is 24.6 Å². The van der Waals surface area contributed by atoms with E-state index in [-0.39, 0.29) is 5.71 Å². The molecule has 1 aliphatic heterocycles. The molecule has 1 aliphatic rings. The molecule has 1 aromatic rings. The lowest BCUT2D eigenvalue weighted by Crippen LogP contribution is -2.51. The van der Waals surface area contributed by atoms with Gasteiger partial charge in [0.1, 0.15) is 5.92 Å². The van der Waals surface area contributed by atoms with Crippen LogP contribution in [0.3, 0.4) is 0 Å². The second-order valence-corrected chi connectivity index (χ2v) is 5.00. The number of benzene rings is 1. The molecular weight excluding hydrogens is 298 g/mol. The maximum atomic E-state index is 11.9. The van der Waals surface area contributed by atoms with Gasteiger partial charge in [0.15, 0.2) is 0 Å². The van der Waals surface area contributed by atoms with Crippen molar-refractivity contribution in [1.82, 2.24) is 4.90 Å². The van der Waals surface area contributed by atoms with E-state index in [2.05, 4.69) is 4.99 Å². The molecule has 2 unspecified atom stereocenters. The highest BCUT2D eigenvalue weighted by molar-refractivity contribution is 6.30. The summed E-state index contributed by atoms with van der Waals surface area (Å²) in [6.45, 7) is 1.42. The largest absolute Gasteiger partial charge is 0.481 e. The summed E-state index contributed by atoms with van der Waals surface area (Å²) in [6.07, 6.45) is 0. The van der Waals surface area contributed by atoms with E-state index in [9.17, 15) is 19.5 Å². The van der Waals surface area contributed by atoms with Crippen molar-refractivity contribution in [2.75, 3.05) is 0 Å². The lowest BCUT2D eigenvalue weighted by atomic mass is 9.87. The molecule has 3 N–H and O–H groups in total. The van der Waals surface area contributed by atoms with Crippen molar-refractivity contribution in [2.24, 2.45) is 16.6 Å². The number of carboxylic acids is 1. The number of aliphatic imine (C=N–C) groups is 1. The number of hydrogen-bond acceptors (Lipinski definition) is 3. The molecule has 21 heavy (non-hydrogen) atoms. The lowest BCUT2D eigenvalue weighted by molar-refractivity contribution is -0.140. The molecule has 110 valence electrons. The first-order valence-corrected chi connectivity index (χ1v) is 6.36. The van der Waals surface area contributed by atoms with E-state index in [0.29, 0.717) is 15.5 Å². The Morgan fingerprint density at radius 2 is 2.10 bits per heavy atom. The van der Waals surface area contributed by atoms with Crippen LogP contribution < -0.4 is 5.73 Å². The van der Waals surface area contributed by atoms with E-state index in [0.717, 1.165) is 0 Å². The highest BCUT2D eigenvalue weighted by Gasteiger charge is 2.44. The van der Waals surface area contributed by atoms with Gasteiger partial charge in [0.05, 0.1) is 6.04 Å². The van der Waals surface area contributed by atoms with Crippen LogP contribution in [0.25, 0.3) is 0 Å². The average Bonchev–Trinajstić information content (AvgIpc) is 2.36. The first kappa shape index (κ1) is 15.0. The summed E-state index contributed by atoms with van der Waals surface area (Å²) < 4.78 is 0. The molecule has 0 spiro atoms. The predicted molar refractivity (Wildman–Crippen MR) is 75.2 cm³/mol. The maximum Gasteiger partial charge on any atom is 0.352 e. The van der Waals surface area contributed by atoms with E-state index in [1.165, 1.54) is 13.0 Å². The number of nitrogens with two attached hydrogens (primary N) is 1. The van der Waals surface area contributed by atoms with E-state index in [4.69, 9.17) is 17.3 Å². The second kappa shape index (κ2) is 5.53. The number of rotatable bonds is 2. The summed E-state index contributed by atoms with van der Waals surface area (Å²) in [7, 11) is 0.